The van der Waals surface area contributed by atoms with Crippen molar-refractivity contribution in [1.29, 1.82) is 0 Å². The van der Waals surface area contributed by atoms with E-state index in [-0.39, 0.29) is 0 Å². The maximum atomic E-state index is 4.51. The van der Waals surface area contributed by atoms with Gasteiger partial charge < -0.3 is 5.32 Å². The van der Waals surface area contributed by atoms with E-state index in [1.807, 2.05) is 18.3 Å². The van der Waals surface area contributed by atoms with Gasteiger partial charge in [0, 0.05) is 23.7 Å². The average Bonchev–Trinajstić information content (AvgIpc) is 2.55. The minimum absolute atomic E-state index is 0.669. The molecule has 0 saturated heterocycles. The van der Waals surface area contributed by atoms with Crippen LogP contribution in [-0.4, -0.2) is 21.5 Å². The van der Waals surface area contributed by atoms with Gasteiger partial charge in [0.15, 0.2) is 0 Å². The van der Waals surface area contributed by atoms with Gasteiger partial charge in [0.25, 0.3) is 0 Å². The summed E-state index contributed by atoms with van der Waals surface area (Å²) >= 11 is 0. The minimum Gasteiger partial charge on any atom is -0.369 e. The Balaban J connectivity index is 1.99. The van der Waals surface area contributed by atoms with Gasteiger partial charge in [-0.25, -0.2) is 9.97 Å². The lowest BCUT2D eigenvalue weighted by Gasteiger charge is -2.11. The second-order valence-electron chi connectivity index (χ2n) is 6.23. The number of benzene rings is 1. The second kappa shape index (κ2) is 6.73. The Hall–Kier alpha value is -2.49. The van der Waals surface area contributed by atoms with Crippen LogP contribution in [0, 0.1) is 12.8 Å². The predicted octanol–water partition coefficient (Wildman–Crippen LogP) is 4.46. The first-order valence-corrected chi connectivity index (χ1v) is 8.06. The van der Waals surface area contributed by atoms with Gasteiger partial charge in [0.05, 0.1) is 11.2 Å². The largest absolute Gasteiger partial charge is 0.369 e. The average molecular weight is 306 g/mol. The van der Waals surface area contributed by atoms with Crippen LogP contribution in [0.15, 0.2) is 42.9 Å². The van der Waals surface area contributed by atoms with Gasteiger partial charge in [-0.15, -0.1) is 0 Å². The molecule has 0 bridgehead atoms. The molecule has 4 nitrogen and oxygen atoms in total. The summed E-state index contributed by atoms with van der Waals surface area (Å²) < 4.78 is 0. The molecule has 0 amide bonds. The smallest absolute Gasteiger partial charge is 0.137 e. The molecule has 0 unspecified atom stereocenters. The summed E-state index contributed by atoms with van der Waals surface area (Å²) in [5, 5.41) is 4.48. The fourth-order valence-corrected chi connectivity index (χ4v) is 2.61. The first kappa shape index (κ1) is 15.4. The number of rotatable bonds is 5. The molecule has 2 aromatic heterocycles. The maximum Gasteiger partial charge on any atom is 0.137 e. The maximum absolute atomic E-state index is 4.51. The van der Waals surface area contributed by atoms with Crippen LogP contribution in [0.5, 0.6) is 0 Å². The lowest BCUT2D eigenvalue weighted by Crippen LogP contribution is -2.07. The molecule has 1 N–H and O–H groups in total. The molecule has 4 heteroatoms. The first-order valence-electron chi connectivity index (χ1n) is 8.06. The lowest BCUT2D eigenvalue weighted by atomic mass is 10.0. The van der Waals surface area contributed by atoms with E-state index < -0.39 is 0 Å². The first-order chi connectivity index (χ1) is 11.1. The van der Waals surface area contributed by atoms with E-state index in [0.29, 0.717) is 5.92 Å². The highest BCUT2D eigenvalue weighted by Crippen LogP contribution is 2.27. The Morgan fingerprint density at radius 3 is 2.74 bits per heavy atom. The molecule has 2 heterocycles. The molecule has 0 fully saturated rings. The normalized spacial score (nSPS) is 11.1. The molecule has 23 heavy (non-hydrogen) atoms. The van der Waals surface area contributed by atoms with Crippen molar-refractivity contribution in [2.75, 3.05) is 11.9 Å². The molecule has 1 aromatic carbocycles. The Bertz CT molecular complexity index is 811. The third kappa shape index (κ3) is 3.47. The fraction of sp³-hybridized carbons (Fsp3) is 0.316. The van der Waals surface area contributed by atoms with Crippen LogP contribution in [0.4, 0.5) is 5.82 Å². The molecule has 0 atom stereocenters. The SMILES string of the molecule is Cc1cccnc1-c1ccc2ncnc(NCCC(C)C)c2c1. The van der Waals surface area contributed by atoms with Crippen molar-refractivity contribution < 1.29 is 0 Å². The standard InChI is InChI=1S/C19H22N4/c1-13(2)8-10-21-19-16-11-15(6-7-17(16)22-12-23-19)18-14(3)5-4-9-20-18/h4-7,9,11-13H,8,10H2,1-3H3,(H,21,22,23). The van der Waals surface area contributed by atoms with Crippen molar-refractivity contribution in [2.45, 2.75) is 27.2 Å². The number of fused-ring (bicyclic) bond motifs is 1. The van der Waals surface area contributed by atoms with Gasteiger partial charge in [0.1, 0.15) is 12.1 Å². The number of nitrogens with one attached hydrogen (secondary N) is 1. The van der Waals surface area contributed by atoms with Gasteiger partial charge in [-0.1, -0.05) is 26.0 Å². The van der Waals surface area contributed by atoms with Crippen LogP contribution < -0.4 is 5.32 Å². The van der Waals surface area contributed by atoms with Crippen molar-refractivity contribution in [3.63, 3.8) is 0 Å². The number of nitrogens with zero attached hydrogens (tertiary/aromatic N) is 3. The van der Waals surface area contributed by atoms with E-state index >= 15 is 0 Å². The third-order valence-electron chi connectivity index (χ3n) is 3.93. The zero-order chi connectivity index (χ0) is 16.2. The summed E-state index contributed by atoms with van der Waals surface area (Å²) in [6, 6.07) is 10.3. The summed E-state index contributed by atoms with van der Waals surface area (Å²) in [6.45, 7) is 7.44. The summed E-state index contributed by atoms with van der Waals surface area (Å²) in [7, 11) is 0. The topological polar surface area (TPSA) is 50.7 Å². The highest BCUT2D eigenvalue weighted by molar-refractivity contribution is 5.92. The van der Waals surface area contributed by atoms with E-state index in [1.165, 1.54) is 0 Å². The van der Waals surface area contributed by atoms with Crippen molar-refractivity contribution >= 4 is 16.7 Å². The fourth-order valence-electron chi connectivity index (χ4n) is 2.61. The van der Waals surface area contributed by atoms with Gasteiger partial charge in [-0.3, -0.25) is 4.98 Å². The zero-order valence-corrected chi connectivity index (χ0v) is 13.9. The van der Waals surface area contributed by atoms with E-state index in [0.717, 1.165) is 46.5 Å². The Morgan fingerprint density at radius 2 is 1.96 bits per heavy atom. The van der Waals surface area contributed by atoms with Crippen molar-refractivity contribution in [3.05, 3.63) is 48.4 Å². The molecule has 118 valence electrons. The van der Waals surface area contributed by atoms with Crippen LogP contribution >= 0.6 is 0 Å². The number of aryl methyl sites for hydroxylation is 1. The number of aromatic nitrogens is 3. The Kier molecular flexibility index (Phi) is 4.51. The Morgan fingerprint density at radius 1 is 1.09 bits per heavy atom. The van der Waals surface area contributed by atoms with E-state index in [2.05, 4.69) is 59.2 Å². The van der Waals surface area contributed by atoms with Gasteiger partial charge in [-0.05, 0) is 43.0 Å². The van der Waals surface area contributed by atoms with Crippen molar-refractivity contribution in [1.82, 2.24) is 15.0 Å². The second-order valence-corrected chi connectivity index (χ2v) is 6.23. The molecule has 0 radical (unpaired) electrons. The van der Waals surface area contributed by atoms with Crippen molar-refractivity contribution in [2.24, 2.45) is 5.92 Å². The molecular formula is C19H22N4. The summed E-state index contributed by atoms with van der Waals surface area (Å²) in [4.78, 5) is 13.3. The summed E-state index contributed by atoms with van der Waals surface area (Å²) in [6.07, 6.45) is 4.56. The predicted molar refractivity (Wildman–Crippen MR) is 95.5 cm³/mol. The minimum atomic E-state index is 0.669. The number of anilines is 1. The molecule has 0 aliphatic rings. The molecule has 0 aliphatic heterocycles. The van der Waals surface area contributed by atoms with Crippen LogP contribution in [-0.2, 0) is 0 Å². The number of hydrogen-bond acceptors (Lipinski definition) is 4. The molecule has 0 aliphatic carbocycles. The highest BCUT2D eigenvalue weighted by atomic mass is 15.0. The van der Waals surface area contributed by atoms with Crippen LogP contribution in [0.25, 0.3) is 22.2 Å². The molecule has 3 rings (SSSR count). The molecular weight excluding hydrogens is 284 g/mol. The van der Waals surface area contributed by atoms with E-state index in [4.69, 9.17) is 0 Å². The zero-order valence-electron chi connectivity index (χ0n) is 13.9. The number of pyridine rings is 1. The van der Waals surface area contributed by atoms with Crippen molar-refractivity contribution in [3.8, 4) is 11.3 Å². The van der Waals surface area contributed by atoms with Crippen LogP contribution in [0.3, 0.4) is 0 Å². The van der Waals surface area contributed by atoms with Gasteiger partial charge >= 0.3 is 0 Å². The molecule has 0 spiro atoms. The third-order valence-corrected chi connectivity index (χ3v) is 3.93. The Labute approximate surface area is 137 Å². The number of hydrogen-bond donors (Lipinski definition) is 1. The summed E-state index contributed by atoms with van der Waals surface area (Å²) in [5.41, 5.74) is 4.21. The van der Waals surface area contributed by atoms with Gasteiger partial charge in [-0.2, -0.15) is 0 Å². The monoisotopic (exact) mass is 306 g/mol. The summed E-state index contributed by atoms with van der Waals surface area (Å²) in [5.74, 6) is 1.56. The van der Waals surface area contributed by atoms with E-state index in [9.17, 15) is 0 Å². The van der Waals surface area contributed by atoms with Crippen LogP contribution in [0.1, 0.15) is 25.8 Å². The molecule has 3 aromatic rings. The molecule has 0 saturated carbocycles. The quantitative estimate of drug-likeness (QED) is 0.756. The van der Waals surface area contributed by atoms with E-state index in [1.54, 1.807) is 6.33 Å². The lowest BCUT2D eigenvalue weighted by molar-refractivity contribution is 0.607. The van der Waals surface area contributed by atoms with Crippen LogP contribution in [0.2, 0.25) is 0 Å². The van der Waals surface area contributed by atoms with Gasteiger partial charge in [0.2, 0.25) is 0 Å². The highest BCUT2D eigenvalue weighted by Gasteiger charge is 2.08.